The fraction of sp³-hybridized carbons (Fsp3) is 0.391. The van der Waals surface area contributed by atoms with Gasteiger partial charge in [0.25, 0.3) is 5.91 Å². The quantitative estimate of drug-likeness (QED) is 0.634. The summed E-state index contributed by atoms with van der Waals surface area (Å²) >= 11 is 1.59. The molecule has 0 atom stereocenters. The number of amides is 1. The van der Waals surface area contributed by atoms with Gasteiger partial charge in [0.15, 0.2) is 0 Å². The first-order valence-corrected chi connectivity index (χ1v) is 11.0. The molecule has 30 heavy (non-hydrogen) atoms. The molecule has 1 aliphatic rings. The Kier molecular flexibility index (Phi) is 5.42. The van der Waals surface area contributed by atoms with E-state index in [4.69, 9.17) is 4.98 Å². The topological polar surface area (TPSA) is 92.2 Å². The Bertz CT molecular complexity index is 1120. The lowest BCUT2D eigenvalue weighted by Crippen LogP contribution is -2.21. The number of thiazole rings is 1. The Balaban J connectivity index is 1.70. The lowest BCUT2D eigenvalue weighted by atomic mass is 9.89. The molecule has 2 N–H and O–H groups in total. The van der Waals surface area contributed by atoms with Gasteiger partial charge in [-0.3, -0.25) is 9.59 Å². The molecular formula is C23H25N3O3S. The highest BCUT2D eigenvalue weighted by molar-refractivity contribution is 7.18. The summed E-state index contributed by atoms with van der Waals surface area (Å²) in [5.41, 5.74) is 1.89. The number of benzene rings is 1. The van der Waals surface area contributed by atoms with Crippen molar-refractivity contribution in [1.82, 2.24) is 9.97 Å². The van der Waals surface area contributed by atoms with E-state index < -0.39 is 5.60 Å². The second kappa shape index (κ2) is 7.89. The molecule has 0 saturated heterocycles. The van der Waals surface area contributed by atoms with Gasteiger partial charge in [0, 0.05) is 35.7 Å². The van der Waals surface area contributed by atoms with E-state index in [0.717, 1.165) is 33.8 Å². The number of nitrogens with one attached hydrogen (secondary N) is 1. The van der Waals surface area contributed by atoms with E-state index in [9.17, 15) is 14.7 Å². The average Bonchev–Trinajstić information content (AvgIpc) is 3.10. The first-order valence-electron chi connectivity index (χ1n) is 10.1. The van der Waals surface area contributed by atoms with Gasteiger partial charge in [0.2, 0.25) is 0 Å². The van der Waals surface area contributed by atoms with Crippen molar-refractivity contribution in [3.8, 4) is 0 Å². The smallest absolute Gasteiger partial charge is 0.274 e. The van der Waals surface area contributed by atoms with Crippen LogP contribution < -0.4 is 5.32 Å². The van der Waals surface area contributed by atoms with Crippen LogP contribution in [0.1, 0.15) is 72.2 Å². The first kappa shape index (κ1) is 20.6. The van der Waals surface area contributed by atoms with E-state index in [2.05, 4.69) is 10.3 Å². The van der Waals surface area contributed by atoms with Crippen molar-refractivity contribution in [2.45, 2.75) is 58.0 Å². The molecule has 0 unspecified atom stereocenters. The lowest BCUT2D eigenvalue weighted by Gasteiger charge is -2.22. The van der Waals surface area contributed by atoms with E-state index in [1.54, 1.807) is 37.3 Å². The largest absolute Gasteiger partial charge is 0.386 e. The van der Waals surface area contributed by atoms with Crippen molar-refractivity contribution >= 4 is 38.9 Å². The van der Waals surface area contributed by atoms with Crippen molar-refractivity contribution in [2.75, 3.05) is 5.32 Å². The van der Waals surface area contributed by atoms with Crippen molar-refractivity contribution in [3.63, 3.8) is 0 Å². The number of pyridine rings is 1. The minimum atomic E-state index is -1.15. The zero-order valence-corrected chi connectivity index (χ0v) is 18.2. The number of aryl methyl sites for hydroxylation is 1. The number of anilines is 1. The SMILES string of the molecule is Cc1cccc(C(=O)Nc2cc3sc(C4CCC(=O)CC4)nc3cc2C(C)(C)O)n1. The fourth-order valence-corrected chi connectivity index (χ4v) is 4.98. The highest BCUT2D eigenvalue weighted by Crippen LogP contribution is 2.39. The number of ketones is 1. The van der Waals surface area contributed by atoms with E-state index in [-0.39, 0.29) is 5.91 Å². The van der Waals surface area contributed by atoms with Crippen LogP contribution in [-0.2, 0) is 10.4 Å². The third-order valence-corrected chi connectivity index (χ3v) is 6.65. The molecule has 2 heterocycles. The third kappa shape index (κ3) is 4.27. The number of carbonyl (C=O) groups is 2. The second-order valence-electron chi connectivity index (χ2n) is 8.41. The Hall–Kier alpha value is -2.64. The maximum absolute atomic E-state index is 12.8. The summed E-state index contributed by atoms with van der Waals surface area (Å²) in [5.74, 6) is 0.297. The monoisotopic (exact) mass is 423 g/mol. The van der Waals surface area contributed by atoms with Crippen LogP contribution in [0.5, 0.6) is 0 Å². The number of fused-ring (bicyclic) bond motifs is 1. The number of carbonyl (C=O) groups excluding carboxylic acids is 2. The van der Waals surface area contributed by atoms with Crippen LogP contribution in [0.3, 0.4) is 0 Å². The third-order valence-electron chi connectivity index (χ3n) is 5.47. The summed E-state index contributed by atoms with van der Waals surface area (Å²) in [7, 11) is 0. The number of hydrogen-bond acceptors (Lipinski definition) is 6. The number of aliphatic hydroxyl groups is 1. The van der Waals surface area contributed by atoms with Gasteiger partial charge in [0.1, 0.15) is 11.5 Å². The Morgan fingerprint density at radius 2 is 1.93 bits per heavy atom. The Morgan fingerprint density at radius 1 is 1.20 bits per heavy atom. The minimum Gasteiger partial charge on any atom is -0.386 e. The number of aromatic nitrogens is 2. The van der Waals surface area contributed by atoms with Crippen molar-refractivity contribution < 1.29 is 14.7 Å². The lowest BCUT2D eigenvalue weighted by molar-refractivity contribution is -0.120. The van der Waals surface area contributed by atoms with Crippen LogP contribution in [0, 0.1) is 6.92 Å². The summed E-state index contributed by atoms with van der Waals surface area (Å²) in [6.07, 6.45) is 2.89. The summed E-state index contributed by atoms with van der Waals surface area (Å²) in [6, 6.07) is 9.03. The number of rotatable bonds is 4. The average molecular weight is 424 g/mol. The molecule has 1 aromatic carbocycles. The van der Waals surface area contributed by atoms with Gasteiger partial charge in [-0.05, 0) is 57.9 Å². The molecular weight excluding hydrogens is 398 g/mol. The summed E-state index contributed by atoms with van der Waals surface area (Å²) < 4.78 is 0.947. The van der Waals surface area contributed by atoms with Crippen LogP contribution in [0.15, 0.2) is 30.3 Å². The van der Waals surface area contributed by atoms with Crippen LogP contribution in [0.4, 0.5) is 5.69 Å². The maximum atomic E-state index is 12.8. The molecule has 1 amide bonds. The van der Waals surface area contributed by atoms with Gasteiger partial charge < -0.3 is 10.4 Å². The van der Waals surface area contributed by atoms with E-state index in [0.29, 0.717) is 41.5 Å². The molecule has 2 aromatic heterocycles. The van der Waals surface area contributed by atoms with Gasteiger partial charge in [0.05, 0.1) is 20.8 Å². The molecule has 6 nitrogen and oxygen atoms in total. The van der Waals surface area contributed by atoms with E-state index >= 15 is 0 Å². The molecule has 1 aliphatic carbocycles. The molecule has 4 rings (SSSR count). The van der Waals surface area contributed by atoms with Gasteiger partial charge in [-0.2, -0.15) is 0 Å². The van der Waals surface area contributed by atoms with Crippen LogP contribution in [0.2, 0.25) is 0 Å². The molecule has 1 fully saturated rings. The normalized spacial score (nSPS) is 15.5. The van der Waals surface area contributed by atoms with Crippen molar-refractivity contribution in [2.24, 2.45) is 0 Å². The zero-order valence-electron chi connectivity index (χ0n) is 17.4. The first-order chi connectivity index (χ1) is 14.2. The second-order valence-corrected chi connectivity index (χ2v) is 9.47. The number of nitrogens with zero attached hydrogens (tertiary/aromatic N) is 2. The van der Waals surface area contributed by atoms with Crippen LogP contribution in [0.25, 0.3) is 10.2 Å². The van der Waals surface area contributed by atoms with Crippen molar-refractivity contribution in [3.05, 3.63) is 52.3 Å². The summed E-state index contributed by atoms with van der Waals surface area (Å²) in [6.45, 7) is 5.21. The van der Waals surface area contributed by atoms with Crippen LogP contribution in [-0.4, -0.2) is 26.8 Å². The fourth-order valence-electron chi connectivity index (χ4n) is 3.82. The summed E-state index contributed by atoms with van der Waals surface area (Å²) in [4.78, 5) is 33.4. The zero-order chi connectivity index (χ0) is 21.5. The summed E-state index contributed by atoms with van der Waals surface area (Å²) in [5, 5.41) is 14.6. The molecule has 3 aromatic rings. The molecule has 0 bridgehead atoms. The Morgan fingerprint density at radius 3 is 2.60 bits per heavy atom. The Labute approximate surface area is 179 Å². The number of Topliss-reactive ketones (excluding diaryl/α,β-unsaturated/α-hetero) is 1. The molecule has 0 radical (unpaired) electrons. The predicted octanol–water partition coefficient (Wildman–Crippen LogP) is 4.71. The predicted molar refractivity (Wildman–Crippen MR) is 118 cm³/mol. The molecule has 0 spiro atoms. The molecule has 156 valence electrons. The van der Waals surface area contributed by atoms with E-state index in [1.165, 1.54) is 0 Å². The number of hydrogen-bond donors (Lipinski definition) is 2. The highest BCUT2D eigenvalue weighted by atomic mass is 32.1. The standard InChI is InChI=1S/C23H25N3O3S/c1-13-5-4-6-17(24-13)21(28)25-18-12-20-19(11-16(18)23(2,3)29)26-22(30-20)14-7-9-15(27)10-8-14/h4-6,11-12,14,29H,7-10H2,1-3H3,(H,25,28). The van der Waals surface area contributed by atoms with Gasteiger partial charge >= 0.3 is 0 Å². The maximum Gasteiger partial charge on any atom is 0.274 e. The molecule has 7 heteroatoms. The van der Waals surface area contributed by atoms with Gasteiger partial charge in [-0.25, -0.2) is 9.97 Å². The van der Waals surface area contributed by atoms with E-state index in [1.807, 2.05) is 25.1 Å². The van der Waals surface area contributed by atoms with Gasteiger partial charge in [-0.15, -0.1) is 11.3 Å². The van der Waals surface area contributed by atoms with Crippen LogP contribution >= 0.6 is 11.3 Å². The van der Waals surface area contributed by atoms with Crippen molar-refractivity contribution in [1.29, 1.82) is 0 Å². The molecule has 0 aliphatic heterocycles. The van der Waals surface area contributed by atoms with Gasteiger partial charge in [-0.1, -0.05) is 6.07 Å². The molecule has 1 saturated carbocycles. The highest BCUT2D eigenvalue weighted by Gasteiger charge is 2.26. The minimum absolute atomic E-state index is 0.292.